The molecule has 0 aromatic carbocycles. The van der Waals surface area contributed by atoms with Crippen molar-refractivity contribution < 1.29 is 9.53 Å². The van der Waals surface area contributed by atoms with E-state index in [0.717, 1.165) is 19.3 Å². The van der Waals surface area contributed by atoms with Gasteiger partial charge in [-0.25, -0.2) is 0 Å². The summed E-state index contributed by atoms with van der Waals surface area (Å²) in [6.07, 6.45) is 1.80. The zero-order valence-corrected chi connectivity index (χ0v) is 6.09. The van der Waals surface area contributed by atoms with E-state index in [1.807, 2.05) is 13.8 Å². The molecule has 0 aliphatic rings. The molecule has 0 rings (SSSR count). The number of ether oxygens (including phenoxy) is 1. The van der Waals surface area contributed by atoms with Crippen LogP contribution in [-0.2, 0) is 9.53 Å². The molecule has 0 saturated carbocycles. The molecular formula is C7H14O2. The van der Waals surface area contributed by atoms with Crippen LogP contribution in [0.5, 0.6) is 0 Å². The lowest BCUT2D eigenvalue weighted by atomic mass is 10.1. The van der Waals surface area contributed by atoms with E-state index >= 15 is 0 Å². The summed E-state index contributed by atoms with van der Waals surface area (Å²) in [6.45, 7) is 5.29. The summed E-state index contributed by atoms with van der Waals surface area (Å²) in [5.41, 5.74) is 0. The highest BCUT2D eigenvalue weighted by atomic mass is 16.5. The van der Waals surface area contributed by atoms with Gasteiger partial charge in [-0.3, -0.25) is 0 Å². The molecule has 0 aliphatic heterocycles. The molecule has 0 bridgehead atoms. The Kier molecular flexibility index (Phi) is 5.52. The van der Waals surface area contributed by atoms with E-state index in [-0.39, 0.29) is 5.92 Å². The molecule has 0 aliphatic carbocycles. The first kappa shape index (κ1) is 8.63. The van der Waals surface area contributed by atoms with Crippen LogP contribution in [0.4, 0.5) is 0 Å². The molecule has 1 atom stereocenters. The average Bonchev–Trinajstić information content (AvgIpc) is 1.89. The van der Waals surface area contributed by atoms with Crippen molar-refractivity contribution in [3.8, 4) is 0 Å². The lowest BCUT2D eigenvalue weighted by Gasteiger charge is -2.01. The van der Waals surface area contributed by atoms with E-state index in [1.165, 1.54) is 0 Å². The SMILES string of the molecule is CCOCCC(C)C=O. The minimum atomic E-state index is 0.150. The largest absolute Gasteiger partial charge is 0.382 e. The maximum atomic E-state index is 10.0. The van der Waals surface area contributed by atoms with Crippen LogP contribution in [0.3, 0.4) is 0 Å². The van der Waals surface area contributed by atoms with Crippen LogP contribution in [0.25, 0.3) is 0 Å². The fraction of sp³-hybridized carbons (Fsp3) is 0.857. The molecule has 0 aromatic rings. The van der Waals surface area contributed by atoms with Gasteiger partial charge in [-0.2, -0.15) is 0 Å². The van der Waals surface area contributed by atoms with Gasteiger partial charge >= 0.3 is 0 Å². The second-order valence-electron chi connectivity index (χ2n) is 2.10. The van der Waals surface area contributed by atoms with Crippen LogP contribution in [0, 0.1) is 5.92 Å². The van der Waals surface area contributed by atoms with Gasteiger partial charge in [0.15, 0.2) is 0 Å². The molecule has 0 fully saturated rings. The number of carbonyl (C=O) groups excluding carboxylic acids is 1. The Bertz CT molecular complexity index is 71.3. The second-order valence-corrected chi connectivity index (χ2v) is 2.10. The summed E-state index contributed by atoms with van der Waals surface area (Å²) >= 11 is 0. The number of rotatable bonds is 5. The minimum absolute atomic E-state index is 0.150. The highest BCUT2D eigenvalue weighted by Gasteiger charge is 1.96. The number of hydrogen-bond donors (Lipinski definition) is 0. The Labute approximate surface area is 56.2 Å². The highest BCUT2D eigenvalue weighted by molar-refractivity contribution is 5.52. The van der Waals surface area contributed by atoms with Crippen molar-refractivity contribution in [2.45, 2.75) is 20.3 Å². The van der Waals surface area contributed by atoms with Crippen molar-refractivity contribution in [2.24, 2.45) is 5.92 Å². The number of aldehydes is 1. The van der Waals surface area contributed by atoms with Gasteiger partial charge in [-0.15, -0.1) is 0 Å². The Morgan fingerprint density at radius 1 is 1.67 bits per heavy atom. The Morgan fingerprint density at radius 2 is 2.33 bits per heavy atom. The minimum Gasteiger partial charge on any atom is -0.382 e. The molecule has 0 saturated heterocycles. The van der Waals surface area contributed by atoms with Crippen LogP contribution in [-0.4, -0.2) is 19.5 Å². The second kappa shape index (κ2) is 5.76. The van der Waals surface area contributed by atoms with Gasteiger partial charge in [0.2, 0.25) is 0 Å². The molecule has 0 aromatic heterocycles. The van der Waals surface area contributed by atoms with E-state index in [4.69, 9.17) is 4.74 Å². The fourth-order valence-corrected chi connectivity index (χ4v) is 0.482. The van der Waals surface area contributed by atoms with E-state index in [0.29, 0.717) is 6.61 Å². The third-order valence-corrected chi connectivity index (χ3v) is 1.15. The van der Waals surface area contributed by atoms with Crippen molar-refractivity contribution >= 4 is 6.29 Å². The van der Waals surface area contributed by atoms with Crippen molar-refractivity contribution in [1.82, 2.24) is 0 Å². The van der Waals surface area contributed by atoms with Gasteiger partial charge in [0.1, 0.15) is 6.29 Å². The van der Waals surface area contributed by atoms with Crippen molar-refractivity contribution in [1.29, 1.82) is 0 Å². The standard InChI is InChI=1S/C7H14O2/c1-3-9-5-4-7(2)6-8/h6-7H,3-5H2,1-2H3. The molecule has 0 spiro atoms. The Balaban J connectivity index is 2.96. The highest BCUT2D eigenvalue weighted by Crippen LogP contribution is 1.96. The van der Waals surface area contributed by atoms with Gasteiger partial charge in [-0.05, 0) is 13.3 Å². The summed E-state index contributed by atoms with van der Waals surface area (Å²) in [7, 11) is 0. The van der Waals surface area contributed by atoms with Crippen LogP contribution in [0.2, 0.25) is 0 Å². The van der Waals surface area contributed by atoms with Gasteiger partial charge in [0.05, 0.1) is 0 Å². The van der Waals surface area contributed by atoms with Crippen molar-refractivity contribution in [3.05, 3.63) is 0 Å². The normalized spacial score (nSPS) is 13.1. The zero-order valence-electron chi connectivity index (χ0n) is 6.09. The Morgan fingerprint density at radius 3 is 2.78 bits per heavy atom. The lowest BCUT2D eigenvalue weighted by molar-refractivity contribution is -0.111. The molecule has 0 radical (unpaired) electrons. The van der Waals surface area contributed by atoms with E-state index < -0.39 is 0 Å². The summed E-state index contributed by atoms with van der Waals surface area (Å²) in [5.74, 6) is 0.150. The van der Waals surface area contributed by atoms with Crippen LogP contribution in [0.1, 0.15) is 20.3 Å². The summed E-state index contributed by atoms with van der Waals surface area (Å²) in [6, 6.07) is 0. The van der Waals surface area contributed by atoms with E-state index in [1.54, 1.807) is 0 Å². The first-order chi connectivity index (χ1) is 4.31. The first-order valence-corrected chi connectivity index (χ1v) is 3.34. The summed E-state index contributed by atoms with van der Waals surface area (Å²) in [5, 5.41) is 0. The molecule has 9 heavy (non-hydrogen) atoms. The van der Waals surface area contributed by atoms with Crippen LogP contribution >= 0.6 is 0 Å². The monoisotopic (exact) mass is 130 g/mol. The average molecular weight is 130 g/mol. The number of hydrogen-bond acceptors (Lipinski definition) is 2. The molecular weight excluding hydrogens is 116 g/mol. The predicted octanol–water partition coefficient (Wildman–Crippen LogP) is 1.25. The molecule has 2 nitrogen and oxygen atoms in total. The first-order valence-electron chi connectivity index (χ1n) is 3.34. The van der Waals surface area contributed by atoms with Gasteiger partial charge in [0, 0.05) is 19.1 Å². The summed E-state index contributed by atoms with van der Waals surface area (Å²) in [4.78, 5) is 10.0. The molecule has 0 heterocycles. The van der Waals surface area contributed by atoms with Crippen LogP contribution < -0.4 is 0 Å². The lowest BCUT2D eigenvalue weighted by Crippen LogP contribution is -2.02. The maximum Gasteiger partial charge on any atom is 0.122 e. The molecule has 54 valence electrons. The zero-order chi connectivity index (χ0) is 7.11. The fourth-order valence-electron chi connectivity index (χ4n) is 0.482. The van der Waals surface area contributed by atoms with Gasteiger partial charge in [0.25, 0.3) is 0 Å². The molecule has 2 heteroatoms. The third kappa shape index (κ3) is 5.50. The molecule has 0 N–H and O–H groups in total. The Hall–Kier alpha value is -0.370. The van der Waals surface area contributed by atoms with Gasteiger partial charge in [-0.1, -0.05) is 6.92 Å². The number of carbonyl (C=O) groups is 1. The topological polar surface area (TPSA) is 26.3 Å². The van der Waals surface area contributed by atoms with E-state index in [2.05, 4.69) is 0 Å². The maximum absolute atomic E-state index is 10.0. The van der Waals surface area contributed by atoms with Crippen molar-refractivity contribution in [2.75, 3.05) is 13.2 Å². The summed E-state index contributed by atoms with van der Waals surface area (Å²) < 4.78 is 5.05. The van der Waals surface area contributed by atoms with Crippen molar-refractivity contribution in [3.63, 3.8) is 0 Å². The van der Waals surface area contributed by atoms with Gasteiger partial charge < -0.3 is 9.53 Å². The smallest absolute Gasteiger partial charge is 0.122 e. The quantitative estimate of drug-likeness (QED) is 0.413. The van der Waals surface area contributed by atoms with Crippen LogP contribution in [0.15, 0.2) is 0 Å². The predicted molar refractivity (Wildman–Crippen MR) is 36.3 cm³/mol. The van der Waals surface area contributed by atoms with E-state index in [9.17, 15) is 4.79 Å². The molecule has 0 amide bonds. The molecule has 1 unspecified atom stereocenters. The third-order valence-electron chi connectivity index (χ3n) is 1.15.